The van der Waals surface area contributed by atoms with Crippen LogP contribution in [-0.2, 0) is 19.2 Å². The van der Waals surface area contributed by atoms with E-state index < -0.39 is 48.3 Å². The van der Waals surface area contributed by atoms with Gasteiger partial charge in [0.2, 0.25) is 11.8 Å². The average molecular weight is 343 g/mol. The molecule has 9 heteroatoms. The molecule has 0 radical (unpaired) electrons. The van der Waals surface area contributed by atoms with Crippen LogP contribution < -0.4 is 16.0 Å². The number of amides is 2. The third kappa shape index (κ3) is 5.80. The number of rotatable bonds is 9. The van der Waals surface area contributed by atoms with Crippen molar-refractivity contribution >= 4 is 23.8 Å². The second kappa shape index (κ2) is 9.21. The molecule has 1 aliphatic heterocycles. The summed E-state index contributed by atoms with van der Waals surface area (Å²) >= 11 is 0. The van der Waals surface area contributed by atoms with Crippen LogP contribution in [-0.4, -0.2) is 58.6 Å². The fourth-order valence-electron chi connectivity index (χ4n) is 2.50. The van der Waals surface area contributed by atoms with E-state index in [0.29, 0.717) is 19.4 Å². The van der Waals surface area contributed by atoms with Crippen LogP contribution in [0.25, 0.3) is 0 Å². The molecule has 0 aromatic rings. The number of hydrogen-bond donors (Lipinski definition) is 5. The second-order valence-corrected chi connectivity index (χ2v) is 6.02. The lowest BCUT2D eigenvalue weighted by molar-refractivity contribution is -0.144. The fraction of sp³-hybridized carbons (Fsp3) is 0.733. The zero-order valence-electron chi connectivity index (χ0n) is 13.9. The van der Waals surface area contributed by atoms with Crippen molar-refractivity contribution in [2.75, 3.05) is 6.54 Å². The topological polar surface area (TPSA) is 145 Å². The van der Waals surface area contributed by atoms with Crippen molar-refractivity contribution in [3.8, 4) is 0 Å². The normalized spacial score (nSPS) is 20.7. The van der Waals surface area contributed by atoms with Gasteiger partial charge in [-0.1, -0.05) is 20.3 Å². The van der Waals surface area contributed by atoms with E-state index in [9.17, 15) is 24.3 Å². The predicted molar refractivity (Wildman–Crippen MR) is 84.2 cm³/mol. The molecule has 1 rings (SSSR count). The highest BCUT2D eigenvalue weighted by atomic mass is 16.4. The molecule has 0 saturated carbocycles. The number of carbonyl (C=O) groups is 4. The van der Waals surface area contributed by atoms with Crippen molar-refractivity contribution < 1.29 is 29.4 Å². The number of aliphatic carboxylic acids is 2. The first kappa shape index (κ1) is 19.9. The van der Waals surface area contributed by atoms with Crippen molar-refractivity contribution in [3.63, 3.8) is 0 Å². The van der Waals surface area contributed by atoms with Gasteiger partial charge >= 0.3 is 11.9 Å². The van der Waals surface area contributed by atoms with Crippen LogP contribution in [0.4, 0.5) is 0 Å². The summed E-state index contributed by atoms with van der Waals surface area (Å²) in [6.45, 7) is 4.14. The van der Waals surface area contributed by atoms with Crippen LogP contribution >= 0.6 is 0 Å². The van der Waals surface area contributed by atoms with E-state index in [1.165, 1.54) is 0 Å². The number of hydrogen-bond acceptors (Lipinski definition) is 5. The maximum atomic E-state index is 12.3. The van der Waals surface area contributed by atoms with E-state index in [4.69, 9.17) is 5.11 Å². The standard InChI is InChI=1S/C15H25N3O6/c1-3-8(2)12(15(23)24)18-14(22)10(7-11(19)20)17-13(21)9-5-4-6-16-9/h8-10,12,16H,3-7H2,1-2H3,(H,17,21)(H,18,22)(H,19,20)(H,23,24). The Balaban J connectivity index is 2.77. The van der Waals surface area contributed by atoms with Crippen LogP contribution in [0.5, 0.6) is 0 Å². The number of carboxylic acids is 2. The molecule has 4 atom stereocenters. The molecule has 1 heterocycles. The van der Waals surface area contributed by atoms with Crippen LogP contribution in [0.3, 0.4) is 0 Å². The first-order chi connectivity index (χ1) is 11.3. The molecule has 0 aliphatic carbocycles. The minimum atomic E-state index is -1.32. The van der Waals surface area contributed by atoms with E-state index >= 15 is 0 Å². The Morgan fingerprint density at radius 2 is 1.88 bits per heavy atom. The Morgan fingerprint density at radius 3 is 2.33 bits per heavy atom. The van der Waals surface area contributed by atoms with Crippen molar-refractivity contribution in [2.45, 2.75) is 57.7 Å². The Kier molecular flexibility index (Phi) is 7.63. The molecule has 24 heavy (non-hydrogen) atoms. The maximum Gasteiger partial charge on any atom is 0.326 e. The molecule has 9 nitrogen and oxygen atoms in total. The molecule has 136 valence electrons. The van der Waals surface area contributed by atoms with Gasteiger partial charge in [-0.05, 0) is 25.3 Å². The molecule has 0 spiro atoms. The molecular weight excluding hydrogens is 318 g/mol. The zero-order valence-corrected chi connectivity index (χ0v) is 13.9. The van der Waals surface area contributed by atoms with Crippen molar-refractivity contribution in [1.29, 1.82) is 0 Å². The summed E-state index contributed by atoms with van der Waals surface area (Å²) in [4.78, 5) is 46.6. The van der Waals surface area contributed by atoms with Gasteiger partial charge in [0.05, 0.1) is 12.5 Å². The van der Waals surface area contributed by atoms with Gasteiger partial charge in [-0.2, -0.15) is 0 Å². The number of carboxylic acid groups (broad SMARTS) is 2. The molecule has 1 aliphatic rings. The first-order valence-corrected chi connectivity index (χ1v) is 8.05. The van der Waals surface area contributed by atoms with Gasteiger partial charge < -0.3 is 26.2 Å². The van der Waals surface area contributed by atoms with Crippen LogP contribution in [0.15, 0.2) is 0 Å². The molecule has 1 saturated heterocycles. The Bertz CT molecular complexity index is 490. The minimum Gasteiger partial charge on any atom is -0.481 e. The Labute approximate surface area is 140 Å². The number of nitrogens with one attached hydrogen (secondary N) is 3. The van der Waals surface area contributed by atoms with Gasteiger partial charge in [-0.3, -0.25) is 14.4 Å². The summed E-state index contributed by atoms with van der Waals surface area (Å²) in [7, 11) is 0. The molecule has 0 aromatic carbocycles. The zero-order chi connectivity index (χ0) is 18.3. The smallest absolute Gasteiger partial charge is 0.326 e. The molecule has 0 aromatic heterocycles. The highest BCUT2D eigenvalue weighted by molar-refractivity contribution is 5.94. The lowest BCUT2D eigenvalue weighted by atomic mass is 9.98. The van der Waals surface area contributed by atoms with E-state index in [2.05, 4.69) is 16.0 Å². The van der Waals surface area contributed by atoms with Crippen molar-refractivity contribution in [1.82, 2.24) is 16.0 Å². The first-order valence-electron chi connectivity index (χ1n) is 8.05. The maximum absolute atomic E-state index is 12.3. The molecular formula is C15H25N3O6. The van der Waals surface area contributed by atoms with Crippen molar-refractivity contribution in [2.24, 2.45) is 5.92 Å². The third-order valence-corrected chi connectivity index (χ3v) is 4.17. The van der Waals surface area contributed by atoms with Crippen LogP contribution in [0, 0.1) is 5.92 Å². The van der Waals surface area contributed by atoms with Gasteiger partial charge in [0, 0.05) is 0 Å². The third-order valence-electron chi connectivity index (χ3n) is 4.17. The largest absolute Gasteiger partial charge is 0.481 e. The number of carbonyl (C=O) groups excluding carboxylic acids is 2. The van der Waals surface area contributed by atoms with Crippen LogP contribution in [0.2, 0.25) is 0 Å². The van der Waals surface area contributed by atoms with Gasteiger partial charge in [-0.25, -0.2) is 4.79 Å². The van der Waals surface area contributed by atoms with Gasteiger partial charge in [0.15, 0.2) is 0 Å². The molecule has 1 fully saturated rings. The summed E-state index contributed by atoms with van der Waals surface area (Å²) in [5.74, 6) is -4.05. The molecule has 5 N–H and O–H groups in total. The lowest BCUT2D eigenvalue weighted by Gasteiger charge is -2.24. The fourth-order valence-corrected chi connectivity index (χ4v) is 2.50. The van der Waals surface area contributed by atoms with Gasteiger partial charge in [-0.15, -0.1) is 0 Å². The molecule has 0 bridgehead atoms. The molecule has 4 unspecified atom stereocenters. The lowest BCUT2D eigenvalue weighted by Crippen LogP contribution is -2.56. The van der Waals surface area contributed by atoms with Gasteiger partial charge in [0.1, 0.15) is 12.1 Å². The van der Waals surface area contributed by atoms with Crippen LogP contribution in [0.1, 0.15) is 39.5 Å². The second-order valence-electron chi connectivity index (χ2n) is 6.02. The van der Waals surface area contributed by atoms with Crippen molar-refractivity contribution in [3.05, 3.63) is 0 Å². The van der Waals surface area contributed by atoms with E-state index in [1.807, 2.05) is 0 Å². The van der Waals surface area contributed by atoms with E-state index in [0.717, 1.165) is 6.42 Å². The quantitative estimate of drug-likeness (QED) is 0.373. The minimum absolute atomic E-state index is 0.330. The Morgan fingerprint density at radius 1 is 1.21 bits per heavy atom. The summed E-state index contributed by atoms with van der Waals surface area (Å²) in [5, 5.41) is 25.9. The summed E-state index contributed by atoms with van der Waals surface area (Å²) in [6.07, 6.45) is 1.34. The predicted octanol–water partition coefficient (Wildman–Crippen LogP) is -0.687. The highest BCUT2D eigenvalue weighted by Gasteiger charge is 2.32. The molecule has 2 amide bonds. The van der Waals surface area contributed by atoms with E-state index in [1.54, 1.807) is 13.8 Å². The SMILES string of the molecule is CCC(C)C(NC(=O)C(CC(=O)O)NC(=O)C1CCCN1)C(=O)O. The van der Waals surface area contributed by atoms with Gasteiger partial charge in [0.25, 0.3) is 0 Å². The summed E-state index contributed by atoms with van der Waals surface area (Å²) in [6, 6.07) is -2.91. The summed E-state index contributed by atoms with van der Waals surface area (Å²) in [5.41, 5.74) is 0. The average Bonchev–Trinajstić information content (AvgIpc) is 3.04. The Hall–Kier alpha value is -2.16. The monoisotopic (exact) mass is 343 g/mol. The van der Waals surface area contributed by atoms with E-state index in [-0.39, 0.29) is 5.92 Å². The highest BCUT2D eigenvalue weighted by Crippen LogP contribution is 2.09. The summed E-state index contributed by atoms with van der Waals surface area (Å²) < 4.78 is 0.